The van der Waals surface area contributed by atoms with Crippen LogP contribution in [-0.4, -0.2) is 29.1 Å². The lowest BCUT2D eigenvalue weighted by molar-refractivity contribution is 0.0599. The molecule has 0 radical (unpaired) electrons. The number of rotatable bonds is 4. The number of methoxy groups -OCH3 is 1. The van der Waals surface area contributed by atoms with E-state index >= 15 is 0 Å². The van der Waals surface area contributed by atoms with Gasteiger partial charge in [-0.3, -0.25) is 0 Å². The molecule has 0 unspecified atom stereocenters. The minimum absolute atomic E-state index is 0. The molecule has 1 saturated carbocycles. The molecule has 1 aliphatic rings. The van der Waals surface area contributed by atoms with Crippen molar-refractivity contribution in [3.05, 3.63) is 22.2 Å². The minimum atomic E-state index is -0.311. The average Bonchev–Trinajstić information content (AvgIpc) is 3.03. The van der Waals surface area contributed by atoms with E-state index in [-0.39, 0.29) is 18.4 Å². The number of hydrogen-bond donors (Lipinski definition) is 2. The van der Waals surface area contributed by atoms with Crippen molar-refractivity contribution < 1.29 is 9.53 Å². The Kier molecular flexibility index (Phi) is 4.58. The highest BCUT2D eigenvalue weighted by Gasteiger charge is 2.24. The van der Waals surface area contributed by atoms with Gasteiger partial charge in [0.1, 0.15) is 5.69 Å². The van der Waals surface area contributed by atoms with Crippen LogP contribution < -0.4 is 5.32 Å². The number of H-pyrrole nitrogens is 1. The van der Waals surface area contributed by atoms with Gasteiger partial charge < -0.3 is 15.0 Å². The van der Waals surface area contributed by atoms with Crippen molar-refractivity contribution in [2.75, 3.05) is 12.4 Å². The lowest BCUT2D eigenvalue weighted by Gasteiger charge is -1.99. The summed E-state index contributed by atoms with van der Waals surface area (Å²) in [7, 11) is 1.40. The van der Waals surface area contributed by atoms with Gasteiger partial charge in [-0.05, 0) is 32.3 Å². The number of halogens is 1. The van der Waals surface area contributed by atoms with Crippen LogP contribution in [0.25, 0.3) is 11.4 Å². The number of aryl methyl sites for hydroxylation is 1. The summed E-state index contributed by atoms with van der Waals surface area (Å²) >= 11 is 1.59. The number of nitrogens with zero attached hydrogens (tertiary/aromatic N) is 1. The molecule has 3 rings (SSSR count). The molecule has 114 valence electrons. The van der Waals surface area contributed by atoms with Gasteiger partial charge in [0.2, 0.25) is 0 Å². The van der Waals surface area contributed by atoms with Gasteiger partial charge in [0, 0.05) is 17.1 Å². The molecule has 7 heteroatoms. The fourth-order valence-electron chi connectivity index (χ4n) is 2.27. The van der Waals surface area contributed by atoms with E-state index in [0.717, 1.165) is 27.8 Å². The highest BCUT2D eigenvalue weighted by Crippen LogP contribution is 2.32. The molecule has 1 fully saturated rings. The summed E-state index contributed by atoms with van der Waals surface area (Å²) in [6.45, 7) is 3.79. The van der Waals surface area contributed by atoms with Gasteiger partial charge in [-0.25, -0.2) is 9.78 Å². The van der Waals surface area contributed by atoms with Crippen LogP contribution in [0.4, 0.5) is 5.13 Å². The number of esters is 1. The number of hydrogen-bond acceptors (Lipinski definition) is 5. The van der Waals surface area contributed by atoms with Crippen LogP contribution >= 0.6 is 23.7 Å². The smallest absolute Gasteiger partial charge is 0.339 e. The van der Waals surface area contributed by atoms with E-state index in [1.54, 1.807) is 11.3 Å². The zero-order valence-corrected chi connectivity index (χ0v) is 13.8. The Hall–Kier alpha value is -1.53. The van der Waals surface area contributed by atoms with Crippen LogP contribution in [0.3, 0.4) is 0 Å². The van der Waals surface area contributed by atoms with Crippen molar-refractivity contribution in [2.24, 2.45) is 0 Å². The van der Waals surface area contributed by atoms with Gasteiger partial charge >= 0.3 is 5.97 Å². The lowest BCUT2D eigenvalue weighted by Crippen LogP contribution is -2.03. The van der Waals surface area contributed by atoms with Gasteiger partial charge in [0.25, 0.3) is 0 Å². The number of aromatic nitrogens is 2. The Morgan fingerprint density at radius 1 is 1.48 bits per heavy atom. The molecule has 0 amide bonds. The fourth-order valence-corrected chi connectivity index (χ4v) is 3.05. The topological polar surface area (TPSA) is 67.0 Å². The average molecular weight is 328 g/mol. The highest BCUT2D eigenvalue weighted by molar-refractivity contribution is 7.14. The van der Waals surface area contributed by atoms with Crippen molar-refractivity contribution in [1.29, 1.82) is 0 Å². The normalized spacial score (nSPS) is 13.7. The Morgan fingerprint density at radius 3 is 2.81 bits per heavy atom. The van der Waals surface area contributed by atoms with E-state index in [1.165, 1.54) is 20.0 Å². The standard InChI is InChI=1S/C14H17N3O2S.ClH/c1-7-11(13(18)19-3)8(2)15-12(7)10-6-20-14(17-10)16-9-4-5-9;/h6,9,15H,4-5H2,1-3H3,(H,16,17);1H. The summed E-state index contributed by atoms with van der Waals surface area (Å²) in [6.07, 6.45) is 2.45. The van der Waals surface area contributed by atoms with Gasteiger partial charge in [0.05, 0.1) is 18.4 Å². The molecule has 2 aromatic heterocycles. The molecular formula is C14H18ClN3O2S. The van der Waals surface area contributed by atoms with Crippen LogP contribution in [0, 0.1) is 13.8 Å². The number of nitrogens with one attached hydrogen (secondary N) is 2. The largest absolute Gasteiger partial charge is 0.465 e. The second kappa shape index (κ2) is 6.07. The highest BCUT2D eigenvalue weighted by atomic mass is 35.5. The first kappa shape index (κ1) is 15.9. The van der Waals surface area contributed by atoms with Gasteiger partial charge in [-0.2, -0.15) is 0 Å². The quantitative estimate of drug-likeness (QED) is 0.843. The zero-order chi connectivity index (χ0) is 14.3. The predicted octanol–water partition coefficient (Wildman–Crippen LogP) is 3.54. The van der Waals surface area contributed by atoms with E-state index in [1.807, 2.05) is 19.2 Å². The van der Waals surface area contributed by atoms with Crippen molar-refractivity contribution in [3.63, 3.8) is 0 Å². The molecule has 0 aromatic carbocycles. The molecule has 0 bridgehead atoms. The summed E-state index contributed by atoms with van der Waals surface area (Å²) in [5, 5.41) is 6.33. The molecular weight excluding hydrogens is 310 g/mol. The second-order valence-corrected chi connectivity index (χ2v) is 5.93. The third kappa shape index (κ3) is 3.06. The Balaban J connectivity index is 0.00000161. The maximum atomic E-state index is 11.8. The summed E-state index contributed by atoms with van der Waals surface area (Å²) in [6, 6.07) is 0.589. The van der Waals surface area contributed by atoms with Crippen molar-refractivity contribution in [2.45, 2.75) is 32.7 Å². The van der Waals surface area contributed by atoms with Crippen LogP contribution in [0.15, 0.2) is 5.38 Å². The Morgan fingerprint density at radius 2 is 2.19 bits per heavy atom. The third-order valence-corrected chi connectivity index (χ3v) is 4.27. The van der Waals surface area contributed by atoms with Gasteiger partial charge in [-0.15, -0.1) is 23.7 Å². The van der Waals surface area contributed by atoms with Crippen molar-refractivity contribution in [3.8, 4) is 11.4 Å². The number of carbonyl (C=O) groups is 1. The molecule has 1 aliphatic carbocycles. The van der Waals surface area contributed by atoms with E-state index in [0.29, 0.717) is 11.6 Å². The molecule has 0 aliphatic heterocycles. The Labute approximate surface area is 133 Å². The number of thiazole rings is 1. The van der Waals surface area contributed by atoms with Gasteiger partial charge in [-0.1, -0.05) is 0 Å². The molecule has 5 nitrogen and oxygen atoms in total. The maximum absolute atomic E-state index is 11.8. The minimum Gasteiger partial charge on any atom is -0.465 e. The van der Waals surface area contributed by atoms with Crippen LogP contribution in [0.5, 0.6) is 0 Å². The fraction of sp³-hybridized carbons (Fsp3) is 0.429. The summed E-state index contributed by atoms with van der Waals surface area (Å²) in [4.78, 5) is 19.6. The first-order valence-electron chi connectivity index (χ1n) is 6.60. The SMILES string of the molecule is COC(=O)c1c(C)[nH]c(-c2csc(NC3CC3)n2)c1C.Cl. The molecule has 0 atom stereocenters. The predicted molar refractivity (Wildman–Crippen MR) is 86.6 cm³/mol. The summed E-state index contributed by atoms with van der Waals surface area (Å²) in [5.41, 5.74) is 4.07. The van der Waals surface area contributed by atoms with Crippen LogP contribution in [-0.2, 0) is 4.74 Å². The van der Waals surface area contributed by atoms with E-state index in [4.69, 9.17) is 4.74 Å². The van der Waals surface area contributed by atoms with E-state index < -0.39 is 0 Å². The summed E-state index contributed by atoms with van der Waals surface area (Å²) in [5.74, 6) is -0.311. The lowest BCUT2D eigenvalue weighted by atomic mass is 10.1. The van der Waals surface area contributed by atoms with Crippen molar-refractivity contribution >= 4 is 34.8 Å². The molecule has 0 saturated heterocycles. The number of ether oxygens (including phenoxy) is 1. The number of carbonyl (C=O) groups excluding carboxylic acids is 1. The molecule has 21 heavy (non-hydrogen) atoms. The van der Waals surface area contributed by atoms with E-state index in [9.17, 15) is 4.79 Å². The number of anilines is 1. The van der Waals surface area contributed by atoms with Gasteiger partial charge in [0.15, 0.2) is 5.13 Å². The maximum Gasteiger partial charge on any atom is 0.339 e. The molecule has 0 spiro atoms. The molecule has 2 N–H and O–H groups in total. The van der Waals surface area contributed by atoms with E-state index in [2.05, 4.69) is 15.3 Å². The van der Waals surface area contributed by atoms with Crippen LogP contribution in [0.2, 0.25) is 0 Å². The van der Waals surface area contributed by atoms with Crippen molar-refractivity contribution in [1.82, 2.24) is 9.97 Å². The molecule has 2 aromatic rings. The first-order valence-corrected chi connectivity index (χ1v) is 7.48. The van der Waals surface area contributed by atoms with Crippen LogP contribution in [0.1, 0.15) is 34.5 Å². The monoisotopic (exact) mass is 327 g/mol. The molecule has 2 heterocycles. The Bertz CT molecular complexity index is 661. The first-order chi connectivity index (χ1) is 9.60. The number of aromatic amines is 1. The second-order valence-electron chi connectivity index (χ2n) is 5.07. The summed E-state index contributed by atoms with van der Waals surface area (Å²) < 4.78 is 4.82. The zero-order valence-electron chi connectivity index (χ0n) is 12.1. The third-order valence-electron chi connectivity index (χ3n) is 3.49.